The molecule has 1 aromatic carbocycles. The highest BCUT2D eigenvalue weighted by Crippen LogP contribution is 2.36. The van der Waals surface area contributed by atoms with Crippen LogP contribution in [0.15, 0.2) is 18.2 Å². The highest BCUT2D eigenvalue weighted by atomic mass is 35.5. The third-order valence-corrected chi connectivity index (χ3v) is 4.41. The van der Waals surface area contributed by atoms with Crippen molar-refractivity contribution in [3.8, 4) is 0 Å². The lowest BCUT2D eigenvalue weighted by molar-refractivity contribution is 0.549. The van der Waals surface area contributed by atoms with Gasteiger partial charge in [0.1, 0.15) is 0 Å². The summed E-state index contributed by atoms with van der Waals surface area (Å²) in [5, 5.41) is 8.92. The number of hydrogen-bond donors (Lipinski definition) is 1. The van der Waals surface area contributed by atoms with Crippen molar-refractivity contribution in [1.29, 1.82) is 0 Å². The van der Waals surface area contributed by atoms with Crippen LogP contribution in [0.4, 0.5) is 0 Å². The smallest absolute Gasteiger partial charge is 0.0860 e. The minimum atomic E-state index is -0.0670. The predicted molar refractivity (Wildman–Crippen MR) is 86.0 cm³/mol. The van der Waals surface area contributed by atoms with Crippen molar-refractivity contribution < 1.29 is 0 Å². The molecule has 1 heterocycles. The zero-order valence-electron chi connectivity index (χ0n) is 11.9. The van der Waals surface area contributed by atoms with Gasteiger partial charge in [0.25, 0.3) is 0 Å². The molecule has 0 fully saturated rings. The maximum absolute atomic E-state index is 6.32. The fraction of sp³-hybridized carbons (Fsp3) is 0.429. The maximum atomic E-state index is 6.32. The lowest BCUT2D eigenvalue weighted by atomic mass is 9.89. The number of aromatic nitrogens is 2. The van der Waals surface area contributed by atoms with Gasteiger partial charge < -0.3 is 5.32 Å². The quantitative estimate of drug-likeness (QED) is 0.903. The largest absolute Gasteiger partial charge is 0.309 e. The van der Waals surface area contributed by atoms with Crippen LogP contribution in [0.3, 0.4) is 0 Å². The van der Waals surface area contributed by atoms with Crippen LogP contribution in [0, 0.1) is 0 Å². The topological polar surface area (TPSA) is 37.8 Å². The average Bonchev–Trinajstić information content (AvgIpc) is 2.83. The van der Waals surface area contributed by atoms with Crippen LogP contribution < -0.4 is 5.32 Å². The van der Waals surface area contributed by atoms with Crippen LogP contribution in [-0.4, -0.2) is 16.6 Å². The van der Waals surface area contributed by atoms with Crippen molar-refractivity contribution in [2.45, 2.75) is 32.2 Å². The second-order valence-electron chi connectivity index (χ2n) is 5.62. The molecule has 1 aromatic heterocycles. The normalized spacial score (nSPS) is 13.5. The van der Waals surface area contributed by atoms with Crippen LogP contribution in [0.25, 0.3) is 0 Å². The summed E-state index contributed by atoms with van der Waals surface area (Å²) in [5.74, 6) is 0. The molecule has 0 amide bonds. The summed E-state index contributed by atoms with van der Waals surface area (Å²) in [6.07, 6.45) is 0. The molecule has 0 aliphatic heterocycles. The van der Waals surface area contributed by atoms with Crippen molar-refractivity contribution >= 4 is 34.7 Å². The summed E-state index contributed by atoms with van der Waals surface area (Å²) in [5.41, 5.74) is 1.86. The van der Waals surface area contributed by atoms with Gasteiger partial charge in [0.15, 0.2) is 0 Å². The highest BCUT2D eigenvalue weighted by Gasteiger charge is 2.28. The molecule has 108 valence electrons. The van der Waals surface area contributed by atoms with Crippen LogP contribution in [0.1, 0.15) is 42.9 Å². The Morgan fingerprint density at radius 3 is 2.55 bits per heavy atom. The summed E-state index contributed by atoms with van der Waals surface area (Å²) in [6, 6.07) is 5.43. The first kappa shape index (κ1) is 15.7. The van der Waals surface area contributed by atoms with E-state index in [0.717, 1.165) is 16.1 Å². The van der Waals surface area contributed by atoms with E-state index in [1.807, 2.05) is 19.2 Å². The van der Waals surface area contributed by atoms with Gasteiger partial charge in [-0.2, -0.15) is 0 Å². The van der Waals surface area contributed by atoms with Crippen LogP contribution >= 0.6 is 34.7 Å². The van der Waals surface area contributed by atoms with Crippen molar-refractivity contribution in [2.24, 2.45) is 0 Å². The first-order valence-corrected chi connectivity index (χ1v) is 7.82. The summed E-state index contributed by atoms with van der Waals surface area (Å²) in [7, 11) is 1.90. The Balaban J connectivity index is 2.54. The second kappa shape index (κ2) is 5.98. The lowest BCUT2D eigenvalue weighted by Gasteiger charge is -2.22. The first-order chi connectivity index (χ1) is 9.34. The highest BCUT2D eigenvalue weighted by molar-refractivity contribution is 7.05. The molecule has 1 atom stereocenters. The molecule has 0 saturated carbocycles. The Morgan fingerprint density at radius 1 is 1.25 bits per heavy atom. The van der Waals surface area contributed by atoms with Crippen molar-refractivity contribution in [1.82, 2.24) is 14.9 Å². The molecule has 0 aliphatic carbocycles. The Kier molecular flexibility index (Phi) is 4.69. The van der Waals surface area contributed by atoms with E-state index >= 15 is 0 Å². The number of halogens is 2. The summed E-state index contributed by atoms with van der Waals surface area (Å²) < 4.78 is 4.11. The SMILES string of the molecule is CNC(c1cc(Cl)ccc1Cl)c1snnc1C(C)(C)C. The van der Waals surface area contributed by atoms with E-state index in [1.54, 1.807) is 6.07 Å². The number of hydrogen-bond acceptors (Lipinski definition) is 4. The van der Waals surface area contributed by atoms with Gasteiger partial charge in [0.2, 0.25) is 0 Å². The molecule has 0 radical (unpaired) electrons. The molecule has 0 aliphatic rings. The summed E-state index contributed by atoms with van der Waals surface area (Å²) >= 11 is 13.8. The zero-order chi connectivity index (χ0) is 14.9. The third kappa shape index (κ3) is 3.14. The van der Waals surface area contributed by atoms with E-state index in [9.17, 15) is 0 Å². The minimum absolute atomic E-state index is 0.0598. The molecule has 0 saturated heterocycles. The molecule has 1 unspecified atom stereocenters. The number of benzene rings is 1. The standard InChI is InChI=1S/C14H17Cl2N3S/c1-14(2,3)13-12(20-19-18-13)11(17-4)9-7-8(15)5-6-10(9)16/h5-7,11,17H,1-4H3. The lowest BCUT2D eigenvalue weighted by Crippen LogP contribution is -2.22. The monoisotopic (exact) mass is 329 g/mol. The number of rotatable bonds is 3. The Labute approximate surface area is 133 Å². The fourth-order valence-electron chi connectivity index (χ4n) is 2.07. The van der Waals surface area contributed by atoms with E-state index in [-0.39, 0.29) is 11.5 Å². The average molecular weight is 330 g/mol. The van der Waals surface area contributed by atoms with E-state index in [4.69, 9.17) is 23.2 Å². The number of nitrogens with one attached hydrogen (secondary N) is 1. The maximum Gasteiger partial charge on any atom is 0.0860 e. The minimum Gasteiger partial charge on any atom is -0.309 e. The molecule has 3 nitrogen and oxygen atoms in total. The molecular weight excluding hydrogens is 313 g/mol. The molecular formula is C14H17Cl2N3S. The van der Waals surface area contributed by atoms with Crippen LogP contribution in [0.5, 0.6) is 0 Å². The Bertz CT molecular complexity index is 605. The van der Waals surface area contributed by atoms with Gasteiger partial charge >= 0.3 is 0 Å². The first-order valence-electron chi connectivity index (χ1n) is 6.29. The van der Waals surface area contributed by atoms with Crippen LogP contribution in [-0.2, 0) is 5.41 Å². The zero-order valence-corrected chi connectivity index (χ0v) is 14.2. The van der Waals surface area contributed by atoms with E-state index < -0.39 is 0 Å². The van der Waals surface area contributed by atoms with E-state index in [1.165, 1.54) is 11.5 Å². The van der Waals surface area contributed by atoms with Gasteiger partial charge in [0, 0.05) is 15.5 Å². The van der Waals surface area contributed by atoms with Gasteiger partial charge in [-0.1, -0.05) is 48.5 Å². The molecule has 2 rings (SSSR count). The van der Waals surface area contributed by atoms with Crippen molar-refractivity contribution in [2.75, 3.05) is 7.05 Å². The van der Waals surface area contributed by atoms with Gasteiger partial charge in [-0.3, -0.25) is 0 Å². The molecule has 1 N–H and O–H groups in total. The molecule has 0 spiro atoms. The molecule has 2 aromatic rings. The molecule has 0 bridgehead atoms. The van der Waals surface area contributed by atoms with Gasteiger partial charge in [0.05, 0.1) is 16.6 Å². The van der Waals surface area contributed by atoms with Gasteiger partial charge in [-0.15, -0.1) is 5.10 Å². The summed E-state index contributed by atoms with van der Waals surface area (Å²) in [6.45, 7) is 6.37. The fourth-order valence-corrected chi connectivity index (χ4v) is 3.47. The molecule has 6 heteroatoms. The van der Waals surface area contributed by atoms with E-state index in [0.29, 0.717) is 10.0 Å². The van der Waals surface area contributed by atoms with Crippen molar-refractivity contribution in [3.05, 3.63) is 44.4 Å². The second-order valence-corrected chi connectivity index (χ2v) is 7.25. The molecule has 20 heavy (non-hydrogen) atoms. The van der Waals surface area contributed by atoms with Gasteiger partial charge in [-0.05, 0) is 42.3 Å². The Hall–Kier alpha value is -0.680. The number of nitrogens with zero attached hydrogens (tertiary/aromatic N) is 2. The van der Waals surface area contributed by atoms with Gasteiger partial charge in [-0.25, -0.2) is 0 Å². The van der Waals surface area contributed by atoms with Crippen LogP contribution in [0.2, 0.25) is 10.0 Å². The van der Waals surface area contributed by atoms with E-state index in [2.05, 4.69) is 35.7 Å². The predicted octanol–water partition coefficient (Wildman–Crippen LogP) is 4.45. The van der Waals surface area contributed by atoms with Crippen molar-refractivity contribution in [3.63, 3.8) is 0 Å². The third-order valence-electron chi connectivity index (χ3n) is 3.04. The summed E-state index contributed by atoms with van der Waals surface area (Å²) in [4.78, 5) is 1.07. The Morgan fingerprint density at radius 2 is 1.95 bits per heavy atom.